The molecule has 0 saturated carbocycles. The Morgan fingerprint density at radius 1 is 1.47 bits per heavy atom. The van der Waals surface area contributed by atoms with Gasteiger partial charge in [0.15, 0.2) is 0 Å². The molecule has 3 amide bonds. The van der Waals surface area contributed by atoms with Crippen molar-refractivity contribution in [3.05, 3.63) is 0 Å². The lowest BCUT2D eigenvalue weighted by molar-refractivity contribution is -0.138. The third kappa shape index (κ3) is 5.46. The molecule has 1 heterocycles. The molecule has 1 unspecified atom stereocenters. The van der Waals surface area contributed by atoms with Gasteiger partial charge in [0.2, 0.25) is 17.7 Å². The summed E-state index contributed by atoms with van der Waals surface area (Å²) < 4.78 is -0.232. The molecule has 0 aromatic rings. The molecular weight excluding hydrogens is 359 g/mol. The maximum absolute atomic E-state index is 11.6. The highest BCUT2D eigenvalue weighted by Gasteiger charge is 2.36. The van der Waals surface area contributed by atoms with E-state index in [1.54, 1.807) is 0 Å². The molecule has 1 aliphatic heterocycles. The molecule has 1 atom stereocenters. The van der Waals surface area contributed by atoms with Crippen LogP contribution < -0.4 is 5.32 Å². The van der Waals surface area contributed by atoms with Crippen LogP contribution in [-0.2, 0) is 14.4 Å². The largest absolute Gasteiger partial charge is 0.356 e. The predicted molar refractivity (Wildman–Crippen MR) is 80.8 cm³/mol. The molecular formula is C13H21IN2O3. The van der Waals surface area contributed by atoms with E-state index in [1.165, 1.54) is 4.90 Å². The zero-order valence-electron chi connectivity index (χ0n) is 11.4. The van der Waals surface area contributed by atoms with Crippen LogP contribution in [0, 0.1) is 5.92 Å². The Morgan fingerprint density at radius 2 is 2.16 bits per heavy atom. The summed E-state index contributed by atoms with van der Waals surface area (Å²) in [5.41, 5.74) is 0. The van der Waals surface area contributed by atoms with Crippen molar-refractivity contribution in [1.82, 2.24) is 10.2 Å². The normalized spacial score (nSPS) is 19.4. The summed E-state index contributed by atoms with van der Waals surface area (Å²) in [4.78, 5) is 36.0. The van der Waals surface area contributed by atoms with E-state index < -0.39 is 0 Å². The second-order valence-electron chi connectivity index (χ2n) is 5.19. The average molecular weight is 380 g/mol. The smallest absolute Gasteiger partial charge is 0.242 e. The molecule has 0 bridgehead atoms. The van der Waals surface area contributed by atoms with Crippen LogP contribution in [-0.4, -0.2) is 39.6 Å². The number of rotatable bonds is 7. The molecule has 1 N–H and O–H groups in total. The van der Waals surface area contributed by atoms with Crippen LogP contribution in [0.1, 0.15) is 39.5 Å². The van der Waals surface area contributed by atoms with Crippen molar-refractivity contribution >= 4 is 40.3 Å². The van der Waals surface area contributed by atoms with E-state index in [1.807, 2.05) is 22.6 Å². The van der Waals surface area contributed by atoms with Gasteiger partial charge in [-0.2, -0.15) is 0 Å². The molecule has 1 fully saturated rings. The molecule has 0 radical (unpaired) electrons. The van der Waals surface area contributed by atoms with Gasteiger partial charge < -0.3 is 5.32 Å². The van der Waals surface area contributed by atoms with Gasteiger partial charge in [0.05, 0.1) is 3.92 Å². The maximum Gasteiger partial charge on any atom is 0.242 e. The Bertz CT molecular complexity index is 358. The minimum atomic E-state index is -0.232. The third-order valence-electron chi connectivity index (χ3n) is 3.02. The van der Waals surface area contributed by atoms with Crippen LogP contribution in [0.25, 0.3) is 0 Å². The van der Waals surface area contributed by atoms with E-state index in [4.69, 9.17) is 0 Å². The molecule has 0 spiro atoms. The Morgan fingerprint density at radius 3 is 2.68 bits per heavy atom. The molecule has 19 heavy (non-hydrogen) atoms. The summed E-state index contributed by atoms with van der Waals surface area (Å²) >= 11 is 1.99. The van der Waals surface area contributed by atoms with Gasteiger partial charge in [-0.3, -0.25) is 19.3 Å². The number of halogens is 1. The number of amides is 3. The molecule has 6 heteroatoms. The lowest BCUT2D eigenvalue weighted by atomic mass is 10.1. The maximum atomic E-state index is 11.6. The van der Waals surface area contributed by atoms with E-state index >= 15 is 0 Å². The lowest BCUT2D eigenvalue weighted by Crippen LogP contribution is -2.33. The number of alkyl halides is 1. The van der Waals surface area contributed by atoms with Crippen LogP contribution in [0.3, 0.4) is 0 Å². The predicted octanol–water partition coefficient (Wildman–Crippen LogP) is 1.49. The van der Waals surface area contributed by atoms with Crippen LogP contribution in [0.4, 0.5) is 0 Å². The van der Waals surface area contributed by atoms with Crippen molar-refractivity contribution in [3.63, 3.8) is 0 Å². The van der Waals surface area contributed by atoms with Crippen molar-refractivity contribution in [3.8, 4) is 0 Å². The quantitative estimate of drug-likeness (QED) is 0.414. The first-order chi connectivity index (χ1) is 8.91. The first-order valence-electron chi connectivity index (χ1n) is 6.66. The second kappa shape index (κ2) is 7.81. The second-order valence-corrected chi connectivity index (χ2v) is 6.69. The van der Waals surface area contributed by atoms with E-state index in [-0.39, 0.29) is 21.6 Å². The standard InChI is InChI=1S/C13H21IN2O3/c1-9(2)5-6-15-11(17)4-3-7-16-12(18)8-10(14)13(16)19/h9-10H,3-8H2,1-2H3,(H,15,17). The fourth-order valence-corrected chi connectivity index (χ4v) is 2.58. The molecule has 0 aromatic heterocycles. The molecule has 1 aliphatic rings. The molecule has 0 aliphatic carbocycles. The number of nitrogens with zero attached hydrogens (tertiary/aromatic N) is 1. The SMILES string of the molecule is CC(C)CCNC(=O)CCCN1C(=O)CC(I)C1=O. The number of carbonyl (C=O) groups excluding carboxylic acids is 3. The summed E-state index contributed by atoms with van der Waals surface area (Å²) in [6, 6.07) is 0. The Hall–Kier alpha value is -0.660. The number of hydrogen-bond donors (Lipinski definition) is 1. The molecule has 0 aromatic carbocycles. The Balaban J connectivity index is 2.18. The molecule has 1 rings (SSSR count). The van der Waals surface area contributed by atoms with Crippen molar-refractivity contribution in [1.29, 1.82) is 0 Å². The third-order valence-corrected chi connectivity index (χ3v) is 3.99. The summed E-state index contributed by atoms with van der Waals surface area (Å²) in [7, 11) is 0. The highest BCUT2D eigenvalue weighted by molar-refractivity contribution is 14.1. The summed E-state index contributed by atoms with van der Waals surface area (Å²) in [5.74, 6) is 0.321. The van der Waals surface area contributed by atoms with Gasteiger partial charge in [-0.1, -0.05) is 36.4 Å². The zero-order chi connectivity index (χ0) is 14.4. The van der Waals surface area contributed by atoms with Gasteiger partial charge in [-0.05, 0) is 18.8 Å². The van der Waals surface area contributed by atoms with Gasteiger partial charge >= 0.3 is 0 Å². The lowest BCUT2D eigenvalue weighted by Gasteiger charge is -2.13. The first kappa shape index (κ1) is 16.4. The van der Waals surface area contributed by atoms with Crippen LogP contribution in [0.15, 0.2) is 0 Å². The van der Waals surface area contributed by atoms with E-state index in [0.717, 1.165) is 6.42 Å². The van der Waals surface area contributed by atoms with E-state index in [0.29, 0.717) is 38.3 Å². The first-order valence-corrected chi connectivity index (χ1v) is 7.91. The van der Waals surface area contributed by atoms with Crippen molar-refractivity contribution in [2.75, 3.05) is 13.1 Å². The molecule has 5 nitrogen and oxygen atoms in total. The van der Waals surface area contributed by atoms with Gasteiger partial charge in [-0.15, -0.1) is 0 Å². The summed E-state index contributed by atoms with van der Waals surface area (Å²) in [6.07, 6.45) is 2.15. The van der Waals surface area contributed by atoms with Crippen molar-refractivity contribution in [2.45, 2.75) is 43.5 Å². The number of imide groups is 1. The Kier molecular flexibility index (Phi) is 6.74. The minimum absolute atomic E-state index is 0.00855. The van der Waals surface area contributed by atoms with Crippen LogP contribution in [0.2, 0.25) is 0 Å². The van der Waals surface area contributed by atoms with E-state index in [2.05, 4.69) is 19.2 Å². The fraction of sp³-hybridized carbons (Fsp3) is 0.769. The van der Waals surface area contributed by atoms with Crippen molar-refractivity contribution < 1.29 is 14.4 Å². The zero-order valence-corrected chi connectivity index (χ0v) is 13.6. The average Bonchev–Trinajstić information content (AvgIpc) is 2.55. The number of carbonyl (C=O) groups is 3. The topological polar surface area (TPSA) is 66.5 Å². The van der Waals surface area contributed by atoms with Gasteiger partial charge in [0.1, 0.15) is 0 Å². The molecule has 108 valence electrons. The van der Waals surface area contributed by atoms with Crippen LogP contribution in [0.5, 0.6) is 0 Å². The number of likely N-dealkylation sites (tertiary alicyclic amines) is 1. The highest BCUT2D eigenvalue weighted by Crippen LogP contribution is 2.20. The highest BCUT2D eigenvalue weighted by atomic mass is 127. The minimum Gasteiger partial charge on any atom is -0.356 e. The fourth-order valence-electron chi connectivity index (χ4n) is 1.86. The summed E-state index contributed by atoms with van der Waals surface area (Å²) in [6.45, 7) is 5.26. The van der Waals surface area contributed by atoms with Gasteiger partial charge in [0.25, 0.3) is 0 Å². The van der Waals surface area contributed by atoms with Crippen LogP contribution >= 0.6 is 22.6 Å². The number of nitrogens with one attached hydrogen (secondary N) is 1. The Labute approximate surface area is 127 Å². The van der Waals surface area contributed by atoms with Gasteiger partial charge in [-0.25, -0.2) is 0 Å². The monoisotopic (exact) mass is 380 g/mol. The van der Waals surface area contributed by atoms with Crippen molar-refractivity contribution in [2.24, 2.45) is 5.92 Å². The van der Waals surface area contributed by atoms with E-state index in [9.17, 15) is 14.4 Å². The summed E-state index contributed by atoms with van der Waals surface area (Å²) in [5, 5.41) is 2.84. The molecule has 1 saturated heterocycles. The van der Waals surface area contributed by atoms with Gasteiger partial charge in [0, 0.05) is 25.9 Å². The number of hydrogen-bond acceptors (Lipinski definition) is 3.